The second kappa shape index (κ2) is 5.61. The Morgan fingerprint density at radius 2 is 1.86 bits per heavy atom. The van der Waals surface area contributed by atoms with Crippen molar-refractivity contribution in [2.75, 3.05) is 0 Å². The van der Waals surface area contributed by atoms with Crippen LogP contribution in [0.5, 0.6) is 0 Å². The molecule has 0 saturated carbocycles. The van der Waals surface area contributed by atoms with Crippen LogP contribution in [-0.2, 0) is 0 Å². The summed E-state index contributed by atoms with van der Waals surface area (Å²) in [6.07, 6.45) is 1.55. The zero-order chi connectivity index (χ0) is 14.8. The Bertz CT molecular complexity index is 799. The van der Waals surface area contributed by atoms with E-state index in [1.165, 1.54) is 12.1 Å². The van der Waals surface area contributed by atoms with Crippen molar-refractivity contribution in [1.29, 1.82) is 0 Å². The average molecular weight is 345 g/mol. The van der Waals surface area contributed by atoms with Gasteiger partial charge in [-0.15, -0.1) is 0 Å². The molecule has 0 bridgehead atoms. The molecule has 1 aromatic heterocycles. The van der Waals surface area contributed by atoms with Gasteiger partial charge in [-0.05, 0) is 52.3 Å². The van der Waals surface area contributed by atoms with E-state index in [4.69, 9.17) is 0 Å². The normalized spacial score (nSPS) is 10.6. The Morgan fingerprint density at radius 1 is 1.10 bits per heavy atom. The molecule has 0 aliphatic carbocycles. The number of nitrogens with zero attached hydrogens (tertiary/aromatic N) is 2. The van der Waals surface area contributed by atoms with Crippen LogP contribution in [0.4, 0.5) is 4.39 Å². The first-order valence-corrected chi connectivity index (χ1v) is 7.05. The largest absolute Gasteiger partial charge is 0.287 e. The van der Waals surface area contributed by atoms with Gasteiger partial charge in [0.1, 0.15) is 11.5 Å². The molecule has 0 amide bonds. The van der Waals surface area contributed by atoms with Crippen LogP contribution in [0.3, 0.4) is 0 Å². The van der Waals surface area contributed by atoms with Gasteiger partial charge in [-0.2, -0.15) is 5.10 Å². The van der Waals surface area contributed by atoms with E-state index in [0.29, 0.717) is 10.2 Å². The molecule has 0 aliphatic heterocycles. The van der Waals surface area contributed by atoms with Crippen LogP contribution >= 0.6 is 15.9 Å². The fourth-order valence-electron chi connectivity index (χ4n) is 2.04. The smallest absolute Gasteiger partial charge is 0.211 e. The molecular weight excluding hydrogens is 335 g/mol. The summed E-state index contributed by atoms with van der Waals surface area (Å²) in [7, 11) is 0. The van der Waals surface area contributed by atoms with Crippen LogP contribution in [0, 0.1) is 5.82 Å². The van der Waals surface area contributed by atoms with E-state index in [2.05, 4.69) is 21.0 Å². The summed E-state index contributed by atoms with van der Waals surface area (Å²) in [5.41, 5.74) is 1.46. The molecule has 0 N–H and O–H groups in total. The number of rotatable bonds is 3. The van der Waals surface area contributed by atoms with E-state index in [1.807, 2.05) is 30.3 Å². The van der Waals surface area contributed by atoms with Gasteiger partial charge in [0.15, 0.2) is 0 Å². The van der Waals surface area contributed by atoms with Gasteiger partial charge in [0.2, 0.25) is 5.78 Å². The molecular formula is C16H10BrFN2O. The third kappa shape index (κ3) is 2.64. The summed E-state index contributed by atoms with van der Waals surface area (Å²) < 4.78 is 15.5. The molecule has 0 fully saturated rings. The molecule has 0 spiro atoms. The SMILES string of the molecule is O=C(c1ccc(Br)c(F)c1)c1ccnn1-c1ccccc1. The summed E-state index contributed by atoms with van der Waals surface area (Å²) in [6.45, 7) is 0. The lowest BCUT2D eigenvalue weighted by atomic mass is 10.1. The maximum Gasteiger partial charge on any atom is 0.211 e. The maximum atomic E-state index is 13.6. The standard InChI is InChI=1S/C16H10BrFN2O/c17-13-7-6-11(10-14(13)18)16(21)15-8-9-19-20(15)12-4-2-1-3-5-12/h1-10H. The lowest BCUT2D eigenvalue weighted by Gasteiger charge is -2.07. The number of hydrogen-bond acceptors (Lipinski definition) is 2. The van der Waals surface area contributed by atoms with Crippen molar-refractivity contribution < 1.29 is 9.18 Å². The topological polar surface area (TPSA) is 34.9 Å². The van der Waals surface area contributed by atoms with E-state index in [9.17, 15) is 9.18 Å². The van der Waals surface area contributed by atoms with Gasteiger partial charge in [-0.1, -0.05) is 18.2 Å². The Labute approximate surface area is 129 Å². The highest BCUT2D eigenvalue weighted by Crippen LogP contribution is 2.19. The first-order valence-electron chi connectivity index (χ1n) is 6.26. The van der Waals surface area contributed by atoms with Crippen molar-refractivity contribution in [1.82, 2.24) is 9.78 Å². The number of aromatic nitrogens is 2. The van der Waals surface area contributed by atoms with Gasteiger partial charge in [0.25, 0.3) is 0 Å². The second-order valence-electron chi connectivity index (χ2n) is 4.42. The highest BCUT2D eigenvalue weighted by molar-refractivity contribution is 9.10. The minimum absolute atomic E-state index is 0.275. The second-order valence-corrected chi connectivity index (χ2v) is 5.28. The number of para-hydroxylation sites is 1. The number of carbonyl (C=O) groups is 1. The Balaban J connectivity index is 2.03. The van der Waals surface area contributed by atoms with Crippen molar-refractivity contribution in [3.63, 3.8) is 0 Å². The number of hydrogen-bond donors (Lipinski definition) is 0. The maximum absolute atomic E-state index is 13.6. The predicted octanol–water partition coefficient (Wildman–Crippen LogP) is 4.00. The summed E-state index contributed by atoms with van der Waals surface area (Å²) in [5, 5.41) is 4.17. The summed E-state index contributed by atoms with van der Waals surface area (Å²) in [5.74, 6) is -0.741. The number of halogens is 2. The zero-order valence-electron chi connectivity index (χ0n) is 10.8. The fraction of sp³-hybridized carbons (Fsp3) is 0. The third-order valence-corrected chi connectivity index (χ3v) is 3.70. The van der Waals surface area contributed by atoms with E-state index < -0.39 is 5.82 Å². The lowest BCUT2D eigenvalue weighted by molar-refractivity contribution is 0.103. The van der Waals surface area contributed by atoms with E-state index in [0.717, 1.165) is 5.69 Å². The minimum atomic E-state index is -0.466. The van der Waals surface area contributed by atoms with Crippen molar-refractivity contribution in [2.45, 2.75) is 0 Å². The Hall–Kier alpha value is -2.27. The van der Waals surface area contributed by atoms with Gasteiger partial charge in [0, 0.05) is 5.56 Å². The van der Waals surface area contributed by atoms with Crippen LogP contribution in [0.15, 0.2) is 65.3 Å². The quantitative estimate of drug-likeness (QED) is 0.673. The van der Waals surface area contributed by atoms with Crippen molar-refractivity contribution >= 4 is 21.7 Å². The monoisotopic (exact) mass is 344 g/mol. The van der Waals surface area contributed by atoms with E-state index in [-0.39, 0.29) is 11.3 Å². The van der Waals surface area contributed by atoms with Crippen LogP contribution in [0.1, 0.15) is 16.1 Å². The number of carbonyl (C=O) groups excluding carboxylic acids is 1. The van der Waals surface area contributed by atoms with Gasteiger partial charge >= 0.3 is 0 Å². The molecule has 104 valence electrons. The molecule has 3 rings (SSSR count). The molecule has 3 nitrogen and oxygen atoms in total. The van der Waals surface area contributed by atoms with Gasteiger partial charge < -0.3 is 0 Å². The first-order chi connectivity index (χ1) is 10.2. The summed E-state index contributed by atoms with van der Waals surface area (Å²) >= 11 is 3.07. The molecule has 3 aromatic rings. The van der Waals surface area contributed by atoms with E-state index >= 15 is 0 Å². The predicted molar refractivity (Wildman–Crippen MR) is 81.1 cm³/mol. The molecule has 0 aliphatic rings. The first kappa shape index (κ1) is 13.7. The van der Waals surface area contributed by atoms with Crippen molar-refractivity contribution in [3.05, 3.63) is 82.3 Å². The van der Waals surface area contributed by atoms with Crippen molar-refractivity contribution in [3.8, 4) is 5.69 Å². The molecule has 0 saturated heterocycles. The van der Waals surface area contributed by atoms with Gasteiger partial charge in [-0.3, -0.25) is 4.79 Å². The number of benzene rings is 2. The van der Waals surface area contributed by atoms with Crippen LogP contribution in [0.25, 0.3) is 5.69 Å². The lowest BCUT2D eigenvalue weighted by Crippen LogP contribution is -2.10. The zero-order valence-corrected chi connectivity index (χ0v) is 12.4. The van der Waals surface area contributed by atoms with Crippen LogP contribution in [-0.4, -0.2) is 15.6 Å². The molecule has 0 unspecified atom stereocenters. The molecule has 1 heterocycles. The highest BCUT2D eigenvalue weighted by Gasteiger charge is 2.16. The fourth-order valence-corrected chi connectivity index (χ4v) is 2.28. The number of ketones is 1. The molecule has 21 heavy (non-hydrogen) atoms. The van der Waals surface area contributed by atoms with Crippen LogP contribution < -0.4 is 0 Å². The molecule has 0 atom stereocenters. The molecule has 2 aromatic carbocycles. The molecule has 0 radical (unpaired) electrons. The average Bonchev–Trinajstić information content (AvgIpc) is 2.99. The highest BCUT2D eigenvalue weighted by atomic mass is 79.9. The van der Waals surface area contributed by atoms with Crippen LogP contribution in [0.2, 0.25) is 0 Å². The minimum Gasteiger partial charge on any atom is -0.287 e. The third-order valence-electron chi connectivity index (χ3n) is 3.06. The van der Waals surface area contributed by atoms with Crippen molar-refractivity contribution in [2.24, 2.45) is 0 Å². The van der Waals surface area contributed by atoms with E-state index in [1.54, 1.807) is 23.0 Å². The van der Waals surface area contributed by atoms with Gasteiger partial charge in [-0.25, -0.2) is 9.07 Å². The van der Waals surface area contributed by atoms with Gasteiger partial charge in [0.05, 0.1) is 16.4 Å². The Morgan fingerprint density at radius 3 is 2.57 bits per heavy atom. The Kier molecular flexibility index (Phi) is 3.66. The summed E-state index contributed by atoms with van der Waals surface area (Å²) in [4.78, 5) is 12.5. The molecule has 5 heteroatoms. The summed E-state index contributed by atoms with van der Waals surface area (Å²) in [6, 6.07) is 15.3.